The van der Waals surface area contributed by atoms with E-state index in [2.05, 4.69) is 29.2 Å². The number of halogens is 1. The Balaban J connectivity index is 1.38. The molecule has 0 atom stereocenters. The molecule has 0 radical (unpaired) electrons. The lowest BCUT2D eigenvalue weighted by molar-refractivity contribution is -0.114. The Labute approximate surface area is 158 Å². The van der Waals surface area contributed by atoms with Gasteiger partial charge in [-0.25, -0.2) is 0 Å². The van der Waals surface area contributed by atoms with E-state index in [9.17, 15) is 9.59 Å². The van der Waals surface area contributed by atoms with E-state index in [0.717, 1.165) is 32.4 Å². The van der Waals surface area contributed by atoms with Gasteiger partial charge in [-0.1, -0.05) is 41.9 Å². The average Bonchev–Trinajstić information content (AvgIpc) is 2.89. The molecule has 134 valence electrons. The minimum atomic E-state index is -0.457. The molecule has 0 unspecified atom stereocenters. The van der Waals surface area contributed by atoms with E-state index in [1.807, 2.05) is 6.07 Å². The molecule has 2 heterocycles. The first-order valence-corrected chi connectivity index (χ1v) is 9.41. The highest BCUT2D eigenvalue weighted by atomic mass is 35.5. The standard InChI is InChI=1S/C21H21ClN2O2/c22-17-6-7-19-18(13-17)20(25)21(26)24(19)14-23-10-8-16(9-11-23)12-15-4-2-1-3-5-15/h1-7,13,16H,8-12,14H2. The van der Waals surface area contributed by atoms with Crippen molar-refractivity contribution in [3.63, 3.8) is 0 Å². The van der Waals surface area contributed by atoms with Crippen LogP contribution in [0.25, 0.3) is 0 Å². The summed E-state index contributed by atoms with van der Waals surface area (Å²) in [4.78, 5) is 28.4. The topological polar surface area (TPSA) is 40.6 Å². The fourth-order valence-corrected chi connectivity index (χ4v) is 4.06. The first kappa shape index (κ1) is 17.3. The number of Topliss-reactive ketones (excluding diaryl/α,β-unsaturated/α-hetero) is 1. The Morgan fingerprint density at radius 3 is 2.46 bits per heavy atom. The molecule has 2 aromatic carbocycles. The fraction of sp³-hybridized carbons (Fsp3) is 0.333. The SMILES string of the molecule is O=C1C(=O)N(CN2CCC(Cc3ccccc3)CC2)c2ccc(Cl)cc21. The zero-order chi connectivity index (χ0) is 18.1. The Morgan fingerprint density at radius 1 is 1.00 bits per heavy atom. The lowest BCUT2D eigenvalue weighted by Gasteiger charge is -2.34. The maximum atomic E-state index is 12.4. The number of carbonyl (C=O) groups is 2. The summed E-state index contributed by atoms with van der Waals surface area (Å²) in [6.07, 6.45) is 3.33. The molecule has 2 aliphatic heterocycles. The minimum absolute atomic E-state index is 0.418. The van der Waals surface area contributed by atoms with Gasteiger partial charge in [-0.3, -0.25) is 19.4 Å². The van der Waals surface area contributed by atoms with Crippen molar-refractivity contribution in [1.82, 2.24) is 4.90 Å². The first-order valence-electron chi connectivity index (χ1n) is 9.04. The Hall–Kier alpha value is -2.17. The third-order valence-electron chi connectivity index (χ3n) is 5.35. The molecule has 0 bridgehead atoms. The van der Waals surface area contributed by atoms with E-state index in [4.69, 9.17) is 11.6 Å². The van der Waals surface area contributed by atoms with Gasteiger partial charge in [-0.05, 0) is 48.9 Å². The van der Waals surface area contributed by atoms with Crippen LogP contribution < -0.4 is 4.90 Å². The van der Waals surface area contributed by atoms with Crippen LogP contribution in [0.1, 0.15) is 28.8 Å². The molecule has 4 rings (SSSR count). The highest BCUT2D eigenvalue weighted by molar-refractivity contribution is 6.52. The Morgan fingerprint density at radius 2 is 1.73 bits per heavy atom. The molecule has 4 nitrogen and oxygen atoms in total. The number of fused-ring (bicyclic) bond motifs is 1. The second-order valence-corrected chi connectivity index (χ2v) is 7.55. The smallest absolute Gasteiger partial charge is 0.291 e. The Kier molecular flexibility index (Phi) is 4.79. The maximum absolute atomic E-state index is 12.4. The van der Waals surface area contributed by atoms with E-state index >= 15 is 0 Å². The summed E-state index contributed by atoms with van der Waals surface area (Å²) in [6.45, 7) is 2.36. The van der Waals surface area contributed by atoms with Crippen molar-refractivity contribution in [2.24, 2.45) is 5.92 Å². The molecule has 0 aliphatic carbocycles. The third-order valence-corrected chi connectivity index (χ3v) is 5.58. The van der Waals surface area contributed by atoms with Crippen molar-refractivity contribution >= 4 is 29.0 Å². The van der Waals surface area contributed by atoms with Gasteiger partial charge in [0.2, 0.25) is 0 Å². The van der Waals surface area contributed by atoms with Gasteiger partial charge < -0.3 is 0 Å². The quantitative estimate of drug-likeness (QED) is 0.771. The number of benzene rings is 2. The molecule has 26 heavy (non-hydrogen) atoms. The second-order valence-electron chi connectivity index (χ2n) is 7.12. The highest BCUT2D eigenvalue weighted by Gasteiger charge is 2.37. The molecule has 1 amide bonds. The molecule has 1 fully saturated rings. The number of hydrogen-bond acceptors (Lipinski definition) is 3. The van der Waals surface area contributed by atoms with Gasteiger partial charge in [0.15, 0.2) is 0 Å². The molecule has 0 spiro atoms. The van der Waals surface area contributed by atoms with Crippen molar-refractivity contribution in [3.05, 3.63) is 64.7 Å². The van der Waals surface area contributed by atoms with Crippen LogP contribution in [0.3, 0.4) is 0 Å². The van der Waals surface area contributed by atoms with Crippen LogP contribution in [-0.2, 0) is 11.2 Å². The fourth-order valence-electron chi connectivity index (χ4n) is 3.89. The molecular formula is C21H21ClN2O2. The Bertz CT molecular complexity index is 829. The van der Waals surface area contributed by atoms with Crippen LogP contribution in [-0.4, -0.2) is 36.3 Å². The number of likely N-dealkylation sites (tertiary alicyclic amines) is 1. The van der Waals surface area contributed by atoms with E-state index in [-0.39, 0.29) is 0 Å². The van der Waals surface area contributed by atoms with Gasteiger partial charge in [0, 0.05) is 18.1 Å². The molecule has 5 heteroatoms. The first-order chi connectivity index (χ1) is 12.6. The second kappa shape index (κ2) is 7.22. The zero-order valence-electron chi connectivity index (χ0n) is 14.5. The number of hydrogen-bond donors (Lipinski definition) is 0. The molecule has 2 aromatic rings. The third kappa shape index (κ3) is 3.39. The number of rotatable bonds is 4. The van der Waals surface area contributed by atoms with Crippen LogP contribution in [0.5, 0.6) is 0 Å². The number of nitrogens with zero attached hydrogens (tertiary/aromatic N) is 2. The van der Waals surface area contributed by atoms with Crippen molar-refractivity contribution in [1.29, 1.82) is 0 Å². The lowest BCUT2D eigenvalue weighted by Crippen LogP contribution is -2.44. The van der Waals surface area contributed by atoms with Crippen LogP contribution in [0.4, 0.5) is 5.69 Å². The van der Waals surface area contributed by atoms with Crippen molar-refractivity contribution < 1.29 is 9.59 Å². The number of amides is 1. The summed E-state index contributed by atoms with van der Waals surface area (Å²) in [5.41, 5.74) is 2.48. The summed E-state index contributed by atoms with van der Waals surface area (Å²) in [5.74, 6) is -0.231. The summed E-state index contributed by atoms with van der Waals surface area (Å²) in [7, 11) is 0. The van der Waals surface area contributed by atoms with Gasteiger partial charge in [0.1, 0.15) is 0 Å². The normalized spacial score (nSPS) is 18.4. The summed E-state index contributed by atoms with van der Waals surface area (Å²) in [5, 5.41) is 0.480. The number of carbonyl (C=O) groups excluding carboxylic acids is 2. The largest absolute Gasteiger partial charge is 0.300 e. The van der Waals surface area contributed by atoms with Crippen molar-refractivity contribution in [3.8, 4) is 0 Å². The predicted molar refractivity (Wildman–Crippen MR) is 103 cm³/mol. The monoisotopic (exact) mass is 368 g/mol. The lowest BCUT2D eigenvalue weighted by atomic mass is 9.90. The van der Waals surface area contributed by atoms with Crippen LogP contribution >= 0.6 is 11.6 Å². The molecular weight excluding hydrogens is 348 g/mol. The van der Waals surface area contributed by atoms with Gasteiger partial charge >= 0.3 is 5.91 Å². The van der Waals surface area contributed by atoms with Gasteiger partial charge in [0.25, 0.3) is 5.78 Å². The number of anilines is 1. The van der Waals surface area contributed by atoms with Gasteiger partial charge in [0.05, 0.1) is 17.9 Å². The van der Waals surface area contributed by atoms with Gasteiger partial charge in [-0.15, -0.1) is 0 Å². The maximum Gasteiger partial charge on any atom is 0.300 e. The van der Waals surface area contributed by atoms with E-state index in [1.54, 1.807) is 23.1 Å². The van der Waals surface area contributed by atoms with Crippen LogP contribution in [0.15, 0.2) is 48.5 Å². The summed E-state index contributed by atoms with van der Waals surface area (Å²) >= 11 is 5.97. The van der Waals surface area contributed by atoms with E-state index < -0.39 is 11.7 Å². The average molecular weight is 369 g/mol. The number of piperidine rings is 1. The van der Waals surface area contributed by atoms with Crippen LogP contribution in [0, 0.1) is 5.92 Å². The molecule has 0 aromatic heterocycles. The minimum Gasteiger partial charge on any atom is -0.291 e. The molecule has 0 saturated carbocycles. The van der Waals surface area contributed by atoms with Crippen molar-refractivity contribution in [2.45, 2.75) is 19.3 Å². The molecule has 1 saturated heterocycles. The molecule has 0 N–H and O–H groups in total. The van der Waals surface area contributed by atoms with Crippen molar-refractivity contribution in [2.75, 3.05) is 24.7 Å². The van der Waals surface area contributed by atoms with E-state index in [1.165, 1.54) is 5.56 Å². The van der Waals surface area contributed by atoms with Crippen LogP contribution in [0.2, 0.25) is 5.02 Å². The van der Waals surface area contributed by atoms with Gasteiger partial charge in [-0.2, -0.15) is 0 Å². The predicted octanol–water partition coefficient (Wildman–Crippen LogP) is 3.78. The zero-order valence-corrected chi connectivity index (χ0v) is 15.3. The molecule has 2 aliphatic rings. The van der Waals surface area contributed by atoms with E-state index in [0.29, 0.717) is 28.9 Å². The summed E-state index contributed by atoms with van der Waals surface area (Å²) in [6, 6.07) is 15.7. The highest BCUT2D eigenvalue weighted by Crippen LogP contribution is 2.32. The summed E-state index contributed by atoms with van der Waals surface area (Å²) < 4.78 is 0. The number of ketones is 1.